The van der Waals surface area contributed by atoms with Crippen LogP contribution in [0.5, 0.6) is 0 Å². The third-order valence-corrected chi connectivity index (χ3v) is 4.15. The second kappa shape index (κ2) is 10.2. The zero-order chi connectivity index (χ0) is 18.0. The molecule has 134 valence electrons. The maximum atomic E-state index is 11.7. The first kappa shape index (κ1) is 20.4. The summed E-state index contributed by atoms with van der Waals surface area (Å²) in [6.07, 6.45) is 3.65. The predicted molar refractivity (Wildman–Crippen MR) is 97.7 cm³/mol. The van der Waals surface area contributed by atoms with Gasteiger partial charge in [-0.15, -0.1) is 11.8 Å². The molecule has 0 unspecified atom stereocenters. The minimum absolute atomic E-state index is 0.263. The Labute approximate surface area is 148 Å². The van der Waals surface area contributed by atoms with E-state index in [1.54, 1.807) is 11.8 Å². The zero-order valence-electron chi connectivity index (χ0n) is 14.6. The number of nitrogens with one attached hydrogen (secondary N) is 1. The van der Waals surface area contributed by atoms with Crippen LogP contribution in [0.25, 0.3) is 0 Å². The number of carboxylic acids is 1. The summed E-state index contributed by atoms with van der Waals surface area (Å²) in [6.45, 7) is 5.48. The summed E-state index contributed by atoms with van der Waals surface area (Å²) >= 11 is 1.76. The van der Waals surface area contributed by atoms with Gasteiger partial charge in [0.05, 0.1) is 0 Å². The molecule has 0 saturated heterocycles. The average Bonchev–Trinajstić information content (AvgIpc) is 2.45. The third-order valence-electron chi connectivity index (χ3n) is 3.05. The van der Waals surface area contributed by atoms with Gasteiger partial charge >= 0.3 is 12.1 Å². The summed E-state index contributed by atoms with van der Waals surface area (Å²) in [5, 5.41) is 11.3. The summed E-state index contributed by atoms with van der Waals surface area (Å²) in [5.41, 5.74) is 0.201. The molecule has 0 aliphatic rings. The molecule has 5 nitrogen and oxygen atoms in total. The van der Waals surface area contributed by atoms with E-state index in [4.69, 9.17) is 9.84 Å². The van der Waals surface area contributed by atoms with Crippen molar-refractivity contribution in [3.05, 3.63) is 24.3 Å². The van der Waals surface area contributed by atoms with Crippen molar-refractivity contribution >= 4 is 29.5 Å². The molecule has 1 rings (SSSR count). The molecule has 1 amide bonds. The molecule has 6 heteroatoms. The standard InChI is InChI=1S/C18H27NO4S/c1-18(2,3)23-17(22)19-14-9-11-15(12-10-14)24-13-7-5-4-6-8-16(20)21/h9-12H,4-8,13H2,1-3H3,(H,19,22)(H,20,21). The minimum Gasteiger partial charge on any atom is -0.481 e. The lowest BCUT2D eigenvalue weighted by molar-refractivity contribution is -0.137. The number of carbonyl (C=O) groups is 2. The molecule has 24 heavy (non-hydrogen) atoms. The van der Waals surface area contributed by atoms with Crippen LogP contribution in [-0.2, 0) is 9.53 Å². The van der Waals surface area contributed by atoms with Crippen LogP contribution in [0.4, 0.5) is 10.5 Å². The van der Waals surface area contributed by atoms with Crippen molar-refractivity contribution in [3.8, 4) is 0 Å². The summed E-state index contributed by atoms with van der Waals surface area (Å²) < 4.78 is 5.21. The van der Waals surface area contributed by atoms with Crippen molar-refractivity contribution in [3.63, 3.8) is 0 Å². The minimum atomic E-state index is -0.718. The Bertz CT molecular complexity index is 523. The summed E-state index contributed by atoms with van der Waals surface area (Å²) in [5.74, 6) is 0.288. The van der Waals surface area contributed by atoms with Gasteiger partial charge < -0.3 is 9.84 Å². The number of carbonyl (C=O) groups excluding carboxylic acids is 1. The van der Waals surface area contributed by atoms with E-state index >= 15 is 0 Å². The van der Waals surface area contributed by atoms with Gasteiger partial charge in [0.15, 0.2) is 0 Å². The molecule has 0 aliphatic heterocycles. The van der Waals surface area contributed by atoms with Gasteiger partial charge in [-0.2, -0.15) is 0 Å². The second-order valence-corrected chi connectivity index (χ2v) is 7.73. The van der Waals surface area contributed by atoms with E-state index in [1.807, 2.05) is 45.0 Å². The Kier molecular flexibility index (Phi) is 8.68. The molecule has 1 aromatic rings. The van der Waals surface area contributed by atoms with Gasteiger partial charge in [-0.25, -0.2) is 4.79 Å². The van der Waals surface area contributed by atoms with Crippen LogP contribution in [0.3, 0.4) is 0 Å². The van der Waals surface area contributed by atoms with Crippen molar-refractivity contribution in [2.24, 2.45) is 0 Å². The fourth-order valence-electron chi connectivity index (χ4n) is 1.98. The zero-order valence-corrected chi connectivity index (χ0v) is 15.4. The summed E-state index contributed by atoms with van der Waals surface area (Å²) in [6, 6.07) is 7.67. The van der Waals surface area contributed by atoms with Crippen molar-refractivity contribution in [1.29, 1.82) is 0 Å². The third kappa shape index (κ3) is 10.2. The Morgan fingerprint density at radius 2 is 1.71 bits per heavy atom. The number of thioether (sulfide) groups is 1. The highest BCUT2D eigenvalue weighted by atomic mass is 32.2. The lowest BCUT2D eigenvalue weighted by Crippen LogP contribution is -2.27. The van der Waals surface area contributed by atoms with Gasteiger partial charge in [0.25, 0.3) is 0 Å². The highest BCUT2D eigenvalue weighted by Gasteiger charge is 2.16. The number of ether oxygens (including phenoxy) is 1. The Morgan fingerprint density at radius 3 is 2.29 bits per heavy atom. The van der Waals surface area contributed by atoms with Crippen LogP contribution in [0.2, 0.25) is 0 Å². The second-order valence-electron chi connectivity index (χ2n) is 6.56. The van der Waals surface area contributed by atoms with E-state index < -0.39 is 17.7 Å². The molecular weight excluding hydrogens is 326 g/mol. The van der Waals surface area contributed by atoms with Gasteiger partial charge in [0.1, 0.15) is 5.60 Å². The molecule has 0 radical (unpaired) electrons. The highest BCUT2D eigenvalue weighted by molar-refractivity contribution is 7.99. The van der Waals surface area contributed by atoms with Crippen molar-refractivity contribution in [2.75, 3.05) is 11.1 Å². The molecule has 0 aliphatic carbocycles. The van der Waals surface area contributed by atoms with Crippen LogP contribution in [-0.4, -0.2) is 28.5 Å². The van der Waals surface area contributed by atoms with Crippen molar-refractivity contribution in [2.45, 2.75) is 63.4 Å². The summed E-state index contributed by atoms with van der Waals surface area (Å²) in [7, 11) is 0. The van der Waals surface area contributed by atoms with Crippen molar-refractivity contribution in [1.82, 2.24) is 0 Å². The Hall–Kier alpha value is -1.69. The van der Waals surface area contributed by atoms with E-state index in [2.05, 4.69) is 5.32 Å². The lowest BCUT2D eigenvalue weighted by atomic mass is 10.2. The fourth-order valence-corrected chi connectivity index (χ4v) is 2.89. The van der Waals surface area contributed by atoms with Crippen LogP contribution >= 0.6 is 11.8 Å². The van der Waals surface area contributed by atoms with Crippen LogP contribution in [0, 0.1) is 0 Å². The predicted octanol–water partition coefficient (Wildman–Crippen LogP) is 5.16. The molecule has 0 aromatic heterocycles. The van der Waals surface area contributed by atoms with Crippen LogP contribution in [0.15, 0.2) is 29.2 Å². The molecule has 1 aromatic carbocycles. The molecule has 0 heterocycles. The number of aliphatic carboxylic acids is 1. The quantitative estimate of drug-likeness (QED) is 0.474. The SMILES string of the molecule is CC(C)(C)OC(=O)Nc1ccc(SCCCCCCC(=O)O)cc1. The molecule has 0 saturated carbocycles. The number of rotatable bonds is 9. The number of unbranched alkanes of at least 4 members (excludes halogenated alkanes) is 3. The maximum absolute atomic E-state index is 11.7. The number of anilines is 1. The van der Waals surface area contributed by atoms with Gasteiger partial charge in [0.2, 0.25) is 0 Å². The Balaban J connectivity index is 2.22. The van der Waals surface area contributed by atoms with E-state index in [9.17, 15) is 9.59 Å². The van der Waals surface area contributed by atoms with Gasteiger partial charge in [-0.1, -0.05) is 12.8 Å². The molecule has 0 atom stereocenters. The number of amides is 1. The number of hydrogen-bond acceptors (Lipinski definition) is 4. The fraction of sp³-hybridized carbons (Fsp3) is 0.556. The first-order chi connectivity index (χ1) is 11.3. The largest absolute Gasteiger partial charge is 0.481 e. The normalized spacial score (nSPS) is 11.1. The van der Waals surface area contributed by atoms with Gasteiger partial charge in [-0.05, 0) is 63.6 Å². The maximum Gasteiger partial charge on any atom is 0.412 e. The van der Waals surface area contributed by atoms with E-state index in [-0.39, 0.29) is 6.42 Å². The number of benzene rings is 1. The van der Waals surface area contributed by atoms with E-state index in [1.165, 1.54) is 0 Å². The lowest BCUT2D eigenvalue weighted by Gasteiger charge is -2.19. The number of carboxylic acid groups (broad SMARTS) is 1. The summed E-state index contributed by atoms with van der Waals surface area (Å²) in [4.78, 5) is 23.2. The monoisotopic (exact) mass is 353 g/mol. The number of hydrogen-bond donors (Lipinski definition) is 2. The average molecular weight is 353 g/mol. The van der Waals surface area contributed by atoms with Crippen molar-refractivity contribution < 1.29 is 19.4 Å². The first-order valence-corrected chi connectivity index (χ1v) is 9.19. The van der Waals surface area contributed by atoms with E-state index in [0.29, 0.717) is 5.69 Å². The van der Waals surface area contributed by atoms with Gasteiger partial charge in [-0.3, -0.25) is 10.1 Å². The van der Waals surface area contributed by atoms with Crippen LogP contribution in [0.1, 0.15) is 52.9 Å². The topological polar surface area (TPSA) is 75.6 Å². The van der Waals surface area contributed by atoms with Gasteiger partial charge in [0, 0.05) is 17.0 Å². The Morgan fingerprint density at radius 1 is 1.08 bits per heavy atom. The molecule has 0 spiro atoms. The molecule has 0 fully saturated rings. The smallest absolute Gasteiger partial charge is 0.412 e. The molecule has 0 bridgehead atoms. The first-order valence-electron chi connectivity index (χ1n) is 8.21. The highest BCUT2D eigenvalue weighted by Crippen LogP contribution is 2.22. The molecule has 2 N–H and O–H groups in total. The van der Waals surface area contributed by atoms with Crippen LogP contribution < -0.4 is 5.32 Å². The van der Waals surface area contributed by atoms with E-state index in [0.717, 1.165) is 36.3 Å². The molecular formula is C18H27NO4S.